The van der Waals surface area contributed by atoms with Gasteiger partial charge in [-0.15, -0.1) is 0 Å². The Kier molecular flexibility index (Phi) is 5.12. The molecule has 4 heteroatoms. The largest absolute Gasteiger partial charge is 0.383 e. The van der Waals surface area contributed by atoms with Gasteiger partial charge in [-0.1, -0.05) is 23.8 Å². The molecule has 0 aliphatic rings. The highest BCUT2D eigenvalue weighted by Crippen LogP contribution is 2.09. The maximum absolute atomic E-state index is 11.6. The van der Waals surface area contributed by atoms with Gasteiger partial charge in [0.15, 0.2) is 0 Å². The smallest absolute Gasteiger partial charge is 0.239 e. The van der Waals surface area contributed by atoms with Gasteiger partial charge in [-0.3, -0.25) is 4.79 Å². The van der Waals surface area contributed by atoms with Gasteiger partial charge in [0.2, 0.25) is 5.91 Å². The highest BCUT2D eigenvalue weighted by Gasteiger charge is 2.12. The number of nitrogens with two attached hydrogens (primary N) is 1. The molecule has 0 saturated carbocycles. The van der Waals surface area contributed by atoms with Gasteiger partial charge in [0.1, 0.15) is 6.04 Å². The minimum Gasteiger partial charge on any atom is -0.383 e. The molecule has 1 amide bonds. The summed E-state index contributed by atoms with van der Waals surface area (Å²) in [5, 5.41) is 2.80. The topological polar surface area (TPSA) is 64.3 Å². The van der Waals surface area contributed by atoms with E-state index in [0.717, 1.165) is 5.56 Å². The average Bonchev–Trinajstić information content (AvgIpc) is 2.27. The Morgan fingerprint density at radius 2 is 2.18 bits per heavy atom. The van der Waals surface area contributed by atoms with Gasteiger partial charge in [-0.05, 0) is 25.0 Å². The molecule has 0 radical (unpaired) electrons. The summed E-state index contributed by atoms with van der Waals surface area (Å²) in [4.78, 5) is 11.6. The number of carbonyl (C=O) groups excluding carboxylic acids is 1. The second-order valence-electron chi connectivity index (χ2n) is 4.21. The number of hydrogen-bond acceptors (Lipinski definition) is 3. The average molecular weight is 236 g/mol. The Hall–Kier alpha value is -1.39. The molecule has 0 fully saturated rings. The van der Waals surface area contributed by atoms with Crippen LogP contribution in [0.2, 0.25) is 0 Å². The second kappa shape index (κ2) is 6.37. The van der Waals surface area contributed by atoms with E-state index in [-0.39, 0.29) is 12.5 Å². The molecule has 0 aliphatic heterocycles. The van der Waals surface area contributed by atoms with Crippen molar-refractivity contribution in [3.63, 3.8) is 0 Å². The van der Waals surface area contributed by atoms with Crippen molar-refractivity contribution in [3.05, 3.63) is 34.9 Å². The van der Waals surface area contributed by atoms with Crippen LogP contribution in [0.3, 0.4) is 0 Å². The molecule has 0 aliphatic carbocycles. The number of rotatable bonds is 5. The Bertz CT molecular complexity index is 391. The molecule has 0 aromatic heterocycles. The highest BCUT2D eigenvalue weighted by atomic mass is 16.5. The van der Waals surface area contributed by atoms with Gasteiger partial charge < -0.3 is 15.8 Å². The number of carbonyl (C=O) groups is 1. The third kappa shape index (κ3) is 4.17. The number of methoxy groups -OCH3 is 1. The zero-order chi connectivity index (χ0) is 12.8. The molecule has 94 valence electrons. The van der Waals surface area contributed by atoms with Gasteiger partial charge in [-0.25, -0.2) is 0 Å². The van der Waals surface area contributed by atoms with Crippen LogP contribution in [-0.2, 0) is 16.1 Å². The van der Waals surface area contributed by atoms with Gasteiger partial charge in [0, 0.05) is 13.7 Å². The Morgan fingerprint density at radius 1 is 1.47 bits per heavy atom. The molecule has 17 heavy (non-hydrogen) atoms. The summed E-state index contributed by atoms with van der Waals surface area (Å²) in [5.74, 6) is -0.188. The van der Waals surface area contributed by atoms with Crippen LogP contribution >= 0.6 is 0 Å². The third-order valence-electron chi connectivity index (χ3n) is 2.63. The lowest BCUT2D eigenvalue weighted by molar-refractivity contribution is -0.123. The number of ether oxygens (including phenoxy) is 1. The summed E-state index contributed by atoms with van der Waals surface area (Å²) in [5.41, 5.74) is 9.11. The van der Waals surface area contributed by atoms with E-state index in [1.54, 1.807) is 0 Å². The van der Waals surface area contributed by atoms with Crippen LogP contribution in [0.4, 0.5) is 0 Å². The predicted molar refractivity (Wildman–Crippen MR) is 67.6 cm³/mol. The summed E-state index contributed by atoms with van der Waals surface area (Å²) in [6.45, 7) is 4.81. The van der Waals surface area contributed by atoms with Crippen LogP contribution in [0.1, 0.15) is 16.7 Å². The van der Waals surface area contributed by atoms with Gasteiger partial charge in [0.05, 0.1) is 6.61 Å². The summed E-state index contributed by atoms with van der Waals surface area (Å²) >= 11 is 0. The van der Waals surface area contributed by atoms with Crippen LogP contribution in [-0.4, -0.2) is 25.7 Å². The number of amides is 1. The molecular formula is C13H20N2O2. The first kappa shape index (κ1) is 13.7. The number of hydrogen-bond donors (Lipinski definition) is 2. The monoisotopic (exact) mass is 236 g/mol. The molecule has 3 N–H and O–H groups in total. The molecule has 1 aromatic carbocycles. The molecule has 1 aromatic rings. The third-order valence-corrected chi connectivity index (χ3v) is 2.63. The zero-order valence-corrected chi connectivity index (χ0v) is 10.6. The highest BCUT2D eigenvalue weighted by molar-refractivity contribution is 5.81. The number of benzene rings is 1. The fourth-order valence-electron chi connectivity index (χ4n) is 1.61. The lowest BCUT2D eigenvalue weighted by Gasteiger charge is -2.12. The normalized spacial score (nSPS) is 12.2. The van der Waals surface area contributed by atoms with Crippen LogP contribution < -0.4 is 11.1 Å². The maximum atomic E-state index is 11.6. The van der Waals surface area contributed by atoms with Crippen molar-refractivity contribution >= 4 is 5.91 Å². The molecular weight excluding hydrogens is 216 g/mol. The Balaban J connectivity index is 2.53. The zero-order valence-electron chi connectivity index (χ0n) is 10.6. The van der Waals surface area contributed by atoms with Crippen molar-refractivity contribution in [1.82, 2.24) is 5.32 Å². The fourth-order valence-corrected chi connectivity index (χ4v) is 1.61. The molecule has 1 rings (SSSR count). The van der Waals surface area contributed by atoms with Gasteiger partial charge >= 0.3 is 0 Å². The molecule has 4 nitrogen and oxygen atoms in total. The van der Waals surface area contributed by atoms with Crippen molar-refractivity contribution in [2.75, 3.05) is 13.7 Å². The summed E-state index contributed by atoms with van der Waals surface area (Å²) in [6.07, 6.45) is 0. The fraction of sp³-hybridized carbons (Fsp3) is 0.462. The first-order valence-electron chi connectivity index (χ1n) is 5.63. The first-order valence-corrected chi connectivity index (χ1v) is 5.63. The van der Waals surface area contributed by atoms with Crippen LogP contribution in [0.5, 0.6) is 0 Å². The van der Waals surface area contributed by atoms with Crippen LogP contribution in [0.25, 0.3) is 0 Å². The van der Waals surface area contributed by atoms with E-state index in [4.69, 9.17) is 10.5 Å². The van der Waals surface area contributed by atoms with Crippen molar-refractivity contribution < 1.29 is 9.53 Å². The summed E-state index contributed by atoms with van der Waals surface area (Å²) < 4.78 is 4.83. The quantitative estimate of drug-likeness (QED) is 0.798. The van der Waals surface area contributed by atoms with E-state index in [0.29, 0.717) is 6.54 Å². The lowest BCUT2D eigenvalue weighted by Crippen LogP contribution is -2.43. The molecule has 0 spiro atoms. The molecule has 0 bridgehead atoms. The van der Waals surface area contributed by atoms with E-state index < -0.39 is 6.04 Å². The van der Waals surface area contributed by atoms with E-state index in [1.165, 1.54) is 18.2 Å². The predicted octanol–water partition coefficient (Wildman–Crippen LogP) is 0.893. The summed E-state index contributed by atoms with van der Waals surface area (Å²) in [6, 6.07) is 5.54. The van der Waals surface area contributed by atoms with Crippen molar-refractivity contribution in [1.29, 1.82) is 0 Å². The van der Waals surface area contributed by atoms with Crippen LogP contribution in [0, 0.1) is 13.8 Å². The molecule has 0 saturated heterocycles. The minimum absolute atomic E-state index is 0.188. The van der Waals surface area contributed by atoms with Crippen molar-refractivity contribution in [2.45, 2.75) is 26.4 Å². The molecule has 1 unspecified atom stereocenters. The van der Waals surface area contributed by atoms with E-state index >= 15 is 0 Å². The molecule has 0 heterocycles. The van der Waals surface area contributed by atoms with Crippen LogP contribution in [0.15, 0.2) is 18.2 Å². The summed E-state index contributed by atoms with van der Waals surface area (Å²) in [7, 11) is 1.53. The Morgan fingerprint density at radius 3 is 2.76 bits per heavy atom. The number of aryl methyl sites for hydroxylation is 2. The van der Waals surface area contributed by atoms with E-state index in [2.05, 4.69) is 11.4 Å². The van der Waals surface area contributed by atoms with E-state index in [1.807, 2.05) is 26.0 Å². The Labute approximate surface area is 102 Å². The van der Waals surface area contributed by atoms with Crippen molar-refractivity contribution in [2.24, 2.45) is 5.73 Å². The minimum atomic E-state index is -0.606. The SMILES string of the molecule is COCC(N)C(=O)NCc1ccc(C)cc1C. The first-order chi connectivity index (χ1) is 8.04. The van der Waals surface area contributed by atoms with Gasteiger partial charge in [-0.2, -0.15) is 0 Å². The molecule has 1 atom stereocenters. The van der Waals surface area contributed by atoms with E-state index in [9.17, 15) is 4.79 Å². The maximum Gasteiger partial charge on any atom is 0.239 e. The standard InChI is InChI=1S/C13H20N2O2/c1-9-4-5-11(10(2)6-9)7-15-13(16)12(14)8-17-3/h4-6,12H,7-8,14H2,1-3H3,(H,15,16). The second-order valence-corrected chi connectivity index (χ2v) is 4.21. The lowest BCUT2D eigenvalue weighted by atomic mass is 10.1. The number of nitrogens with one attached hydrogen (secondary N) is 1. The van der Waals surface area contributed by atoms with Crippen molar-refractivity contribution in [3.8, 4) is 0 Å². The van der Waals surface area contributed by atoms with Gasteiger partial charge in [0.25, 0.3) is 0 Å².